The molecule has 0 saturated heterocycles. The highest BCUT2D eigenvalue weighted by molar-refractivity contribution is 9.10. The van der Waals surface area contributed by atoms with E-state index in [-0.39, 0.29) is 5.38 Å². The van der Waals surface area contributed by atoms with Gasteiger partial charge in [-0.3, -0.25) is 0 Å². The van der Waals surface area contributed by atoms with Crippen molar-refractivity contribution in [2.75, 3.05) is 0 Å². The lowest BCUT2D eigenvalue weighted by Crippen LogP contribution is -1.99. The quantitative estimate of drug-likeness (QED) is 0.425. The molecule has 21 heavy (non-hydrogen) atoms. The second-order valence-electron chi connectivity index (χ2n) is 5.05. The van der Waals surface area contributed by atoms with Gasteiger partial charge in [0.25, 0.3) is 0 Å². The zero-order valence-corrected chi connectivity index (χ0v) is 14.5. The molecule has 0 amide bonds. The van der Waals surface area contributed by atoms with E-state index in [2.05, 4.69) is 47.1 Å². The van der Waals surface area contributed by atoms with E-state index in [1.54, 1.807) is 0 Å². The fourth-order valence-corrected chi connectivity index (χ4v) is 3.74. The van der Waals surface area contributed by atoms with Crippen molar-refractivity contribution >= 4 is 49.9 Å². The van der Waals surface area contributed by atoms with Gasteiger partial charge >= 0.3 is 0 Å². The zero-order valence-electron chi connectivity index (χ0n) is 11.4. The van der Waals surface area contributed by atoms with Gasteiger partial charge in [-0.25, -0.2) is 0 Å². The first-order valence-corrected chi connectivity index (χ1v) is 8.26. The molecule has 0 aromatic heterocycles. The molecule has 0 saturated carbocycles. The van der Waals surface area contributed by atoms with Crippen LogP contribution >= 0.6 is 39.1 Å². The van der Waals surface area contributed by atoms with Crippen LogP contribution in [0.2, 0.25) is 5.02 Å². The summed E-state index contributed by atoms with van der Waals surface area (Å²) in [7, 11) is 0. The van der Waals surface area contributed by atoms with Gasteiger partial charge in [0, 0.05) is 9.50 Å². The van der Waals surface area contributed by atoms with Crippen LogP contribution in [0.4, 0.5) is 0 Å². The Morgan fingerprint density at radius 1 is 1.00 bits per heavy atom. The van der Waals surface area contributed by atoms with Gasteiger partial charge in [-0.15, -0.1) is 11.6 Å². The molecule has 0 spiro atoms. The SMILES string of the molecule is Cc1ccc2ccccc2c1C(Cl)c1cc(Br)ccc1Cl. The average molecular weight is 380 g/mol. The lowest BCUT2D eigenvalue weighted by Gasteiger charge is -2.18. The maximum atomic E-state index is 6.79. The van der Waals surface area contributed by atoms with Crippen molar-refractivity contribution in [3.8, 4) is 0 Å². The summed E-state index contributed by atoms with van der Waals surface area (Å²) in [6, 6.07) is 18.3. The fourth-order valence-electron chi connectivity index (χ4n) is 2.61. The molecule has 1 atom stereocenters. The van der Waals surface area contributed by atoms with Crippen molar-refractivity contribution in [1.82, 2.24) is 0 Å². The van der Waals surface area contributed by atoms with Crippen LogP contribution in [0, 0.1) is 6.92 Å². The number of aryl methyl sites for hydroxylation is 1. The molecular formula is C18H13BrCl2. The highest BCUT2D eigenvalue weighted by Crippen LogP contribution is 2.39. The summed E-state index contributed by atoms with van der Waals surface area (Å²) in [5, 5.41) is 2.77. The van der Waals surface area contributed by atoms with Crippen LogP contribution < -0.4 is 0 Å². The summed E-state index contributed by atoms with van der Waals surface area (Å²) >= 11 is 16.6. The lowest BCUT2D eigenvalue weighted by atomic mass is 9.94. The van der Waals surface area contributed by atoms with Gasteiger partial charge in [-0.2, -0.15) is 0 Å². The Labute approximate surface area is 142 Å². The highest BCUT2D eigenvalue weighted by atomic mass is 79.9. The Hall–Kier alpha value is -1.02. The standard InChI is InChI=1S/C18H13BrCl2/c1-11-6-7-12-4-2-3-5-14(12)17(11)18(21)15-10-13(19)8-9-16(15)20/h2-10,18H,1H3. The van der Waals surface area contributed by atoms with Crippen LogP contribution in [0.3, 0.4) is 0 Å². The molecule has 0 aliphatic rings. The molecule has 3 aromatic carbocycles. The first-order valence-electron chi connectivity index (χ1n) is 6.65. The van der Waals surface area contributed by atoms with E-state index < -0.39 is 0 Å². The Balaban J connectivity index is 2.24. The summed E-state index contributed by atoms with van der Waals surface area (Å²) in [6.45, 7) is 2.09. The normalized spacial score (nSPS) is 12.6. The molecule has 3 rings (SSSR count). The third-order valence-corrected chi connectivity index (χ3v) is 4.96. The molecular weight excluding hydrogens is 367 g/mol. The Bertz CT molecular complexity index is 811. The van der Waals surface area contributed by atoms with E-state index in [1.807, 2.05) is 30.3 Å². The van der Waals surface area contributed by atoms with Crippen molar-refractivity contribution in [2.45, 2.75) is 12.3 Å². The maximum Gasteiger partial charge on any atom is 0.0858 e. The summed E-state index contributed by atoms with van der Waals surface area (Å²) in [6.07, 6.45) is 0. The van der Waals surface area contributed by atoms with Crippen LogP contribution in [0.1, 0.15) is 22.1 Å². The number of rotatable bonds is 2. The second kappa shape index (κ2) is 6.00. The average Bonchev–Trinajstić information content (AvgIpc) is 2.49. The van der Waals surface area contributed by atoms with Crippen LogP contribution in [0.15, 0.2) is 59.1 Å². The van der Waals surface area contributed by atoms with Gasteiger partial charge in [0.1, 0.15) is 0 Å². The monoisotopic (exact) mass is 378 g/mol. The Morgan fingerprint density at radius 3 is 2.57 bits per heavy atom. The van der Waals surface area contributed by atoms with Gasteiger partial charge in [-0.05, 0) is 52.6 Å². The smallest absolute Gasteiger partial charge is 0.0858 e. The topological polar surface area (TPSA) is 0 Å². The number of alkyl halides is 1. The van der Waals surface area contributed by atoms with Crippen molar-refractivity contribution in [3.63, 3.8) is 0 Å². The van der Waals surface area contributed by atoms with E-state index in [9.17, 15) is 0 Å². The molecule has 0 heterocycles. The Morgan fingerprint density at radius 2 is 1.76 bits per heavy atom. The lowest BCUT2D eigenvalue weighted by molar-refractivity contribution is 1.13. The van der Waals surface area contributed by atoms with Gasteiger partial charge in [0.15, 0.2) is 0 Å². The fraction of sp³-hybridized carbons (Fsp3) is 0.111. The molecule has 0 bridgehead atoms. The van der Waals surface area contributed by atoms with Gasteiger partial charge in [0.05, 0.1) is 5.38 Å². The number of hydrogen-bond donors (Lipinski definition) is 0. The summed E-state index contributed by atoms with van der Waals surface area (Å²) in [5.74, 6) is 0. The third-order valence-electron chi connectivity index (χ3n) is 3.67. The van der Waals surface area contributed by atoms with Crippen molar-refractivity contribution in [3.05, 3.63) is 80.8 Å². The van der Waals surface area contributed by atoms with Gasteiger partial charge < -0.3 is 0 Å². The highest BCUT2D eigenvalue weighted by Gasteiger charge is 2.19. The zero-order chi connectivity index (χ0) is 15.0. The van der Waals surface area contributed by atoms with Crippen molar-refractivity contribution in [1.29, 1.82) is 0 Å². The van der Waals surface area contributed by atoms with Crippen LogP contribution in [-0.4, -0.2) is 0 Å². The Kier molecular flexibility index (Phi) is 4.26. The second-order valence-corrected chi connectivity index (χ2v) is 6.80. The first-order chi connectivity index (χ1) is 10.1. The molecule has 106 valence electrons. The molecule has 0 aliphatic carbocycles. The first kappa shape index (κ1) is 14.9. The summed E-state index contributed by atoms with van der Waals surface area (Å²) in [5.41, 5.74) is 3.21. The van der Waals surface area contributed by atoms with E-state index in [1.165, 1.54) is 16.3 Å². The minimum atomic E-state index is -0.277. The van der Waals surface area contributed by atoms with E-state index >= 15 is 0 Å². The van der Waals surface area contributed by atoms with Crippen LogP contribution in [0.25, 0.3) is 10.8 Å². The number of hydrogen-bond acceptors (Lipinski definition) is 0. The maximum absolute atomic E-state index is 6.79. The summed E-state index contributed by atoms with van der Waals surface area (Å²) < 4.78 is 0.977. The molecule has 1 unspecified atom stereocenters. The van der Waals surface area contributed by atoms with Gasteiger partial charge in [0.2, 0.25) is 0 Å². The minimum absolute atomic E-state index is 0.277. The molecule has 0 fully saturated rings. The molecule has 0 radical (unpaired) electrons. The predicted molar refractivity (Wildman–Crippen MR) is 95.5 cm³/mol. The van der Waals surface area contributed by atoms with Crippen LogP contribution in [-0.2, 0) is 0 Å². The molecule has 3 aromatic rings. The van der Waals surface area contributed by atoms with Crippen molar-refractivity contribution in [2.24, 2.45) is 0 Å². The molecule has 0 nitrogen and oxygen atoms in total. The number of fused-ring (bicyclic) bond motifs is 1. The van der Waals surface area contributed by atoms with Crippen LogP contribution in [0.5, 0.6) is 0 Å². The molecule has 0 aliphatic heterocycles. The van der Waals surface area contributed by atoms with E-state index in [0.29, 0.717) is 5.02 Å². The van der Waals surface area contributed by atoms with E-state index in [4.69, 9.17) is 23.2 Å². The minimum Gasteiger partial charge on any atom is -0.112 e. The van der Waals surface area contributed by atoms with Crippen molar-refractivity contribution < 1.29 is 0 Å². The van der Waals surface area contributed by atoms with E-state index in [0.717, 1.165) is 15.6 Å². The molecule has 0 N–H and O–H groups in total. The largest absolute Gasteiger partial charge is 0.112 e. The summed E-state index contributed by atoms with van der Waals surface area (Å²) in [4.78, 5) is 0. The third kappa shape index (κ3) is 2.83. The van der Waals surface area contributed by atoms with Gasteiger partial charge in [-0.1, -0.05) is 63.9 Å². The number of benzene rings is 3. The number of halogens is 3. The predicted octanol–water partition coefficient (Wildman–Crippen LogP) is 6.89. The molecule has 3 heteroatoms.